The fourth-order valence-corrected chi connectivity index (χ4v) is 3.08. The average Bonchev–Trinajstić information content (AvgIpc) is 2.53. The SMILES string of the molecule is COc1ccc(Br)c(CNC(C)C)c1OCc1ccc(Cl)cc1Cl. The van der Waals surface area contributed by atoms with Gasteiger partial charge in [-0.2, -0.15) is 0 Å². The minimum atomic E-state index is 0.331. The van der Waals surface area contributed by atoms with Crippen molar-refractivity contribution < 1.29 is 9.47 Å². The molecule has 0 aromatic heterocycles. The van der Waals surface area contributed by atoms with E-state index in [2.05, 4.69) is 35.1 Å². The van der Waals surface area contributed by atoms with E-state index in [-0.39, 0.29) is 0 Å². The van der Waals surface area contributed by atoms with E-state index in [1.54, 1.807) is 19.2 Å². The number of rotatable bonds is 7. The third-order valence-electron chi connectivity index (χ3n) is 3.46. The van der Waals surface area contributed by atoms with Gasteiger partial charge in [0.1, 0.15) is 6.61 Å². The zero-order valence-electron chi connectivity index (χ0n) is 13.8. The summed E-state index contributed by atoms with van der Waals surface area (Å²) in [5.41, 5.74) is 1.87. The van der Waals surface area contributed by atoms with E-state index in [0.717, 1.165) is 15.6 Å². The maximum Gasteiger partial charge on any atom is 0.167 e. The molecule has 130 valence electrons. The molecule has 0 atom stereocenters. The summed E-state index contributed by atoms with van der Waals surface area (Å²) >= 11 is 15.8. The molecule has 0 saturated heterocycles. The van der Waals surface area contributed by atoms with Gasteiger partial charge in [-0.05, 0) is 24.3 Å². The van der Waals surface area contributed by atoms with Gasteiger partial charge in [0.25, 0.3) is 0 Å². The maximum atomic E-state index is 6.23. The monoisotopic (exact) mass is 431 g/mol. The van der Waals surface area contributed by atoms with E-state index in [9.17, 15) is 0 Å². The largest absolute Gasteiger partial charge is 0.493 e. The van der Waals surface area contributed by atoms with Crippen LogP contribution in [0.5, 0.6) is 11.5 Å². The van der Waals surface area contributed by atoms with Gasteiger partial charge in [-0.25, -0.2) is 0 Å². The van der Waals surface area contributed by atoms with E-state index < -0.39 is 0 Å². The number of nitrogens with one attached hydrogen (secondary N) is 1. The summed E-state index contributed by atoms with van der Waals surface area (Å²) < 4.78 is 12.5. The van der Waals surface area contributed by atoms with Gasteiger partial charge >= 0.3 is 0 Å². The highest BCUT2D eigenvalue weighted by Crippen LogP contribution is 2.37. The summed E-state index contributed by atoms with van der Waals surface area (Å²) in [7, 11) is 1.63. The topological polar surface area (TPSA) is 30.5 Å². The second kappa shape index (κ2) is 8.95. The van der Waals surface area contributed by atoms with Gasteiger partial charge in [0.05, 0.1) is 7.11 Å². The Morgan fingerprint density at radius 1 is 1.17 bits per heavy atom. The molecular formula is C18H20BrCl2NO2. The Labute approximate surface area is 161 Å². The van der Waals surface area contributed by atoms with Crippen LogP contribution in [0.1, 0.15) is 25.0 Å². The normalized spacial score (nSPS) is 11.0. The summed E-state index contributed by atoms with van der Waals surface area (Å²) in [4.78, 5) is 0. The predicted octanol–water partition coefficient (Wildman–Crippen LogP) is 5.84. The Morgan fingerprint density at radius 3 is 2.54 bits per heavy atom. The predicted molar refractivity (Wildman–Crippen MR) is 103 cm³/mol. The Balaban J connectivity index is 2.27. The first kappa shape index (κ1) is 19.4. The highest BCUT2D eigenvalue weighted by molar-refractivity contribution is 9.10. The van der Waals surface area contributed by atoms with E-state index in [1.807, 2.05) is 18.2 Å². The fraction of sp³-hybridized carbons (Fsp3) is 0.333. The van der Waals surface area contributed by atoms with Crippen molar-refractivity contribution in [2.45, 2.75) is 33.0 Å². The number of hydrogen-bond acceptors (Lipinski definition) is 3. The highest BCUT2D eigenvalue weighted by atomic mass is 79.9. The lowest BCUT2D eigenvalue weighted by Crippen LogP contribution is -2.22. The van der Waals surface area contributed by atoms with Crippen molar-refractivity contribution in [3.05, 3.63) is 56.0 Å². The van der Waals surface area contributed by atoms with Crippen LogP contribution in [0.25, 0.3) is 0 Å². The summed E-state index contributed by atoms with van der Waals surface area (Å²) in [6.45, 7) is 5.20. The molecule has 0 aliphatic rings. The average molecular weight is 433 g/mol. The molecule has 0 amide bonds. The molecular weight excluding hydrogens is 413 g/mol. The van der Waals surface area contributed by atoms with Gasteiger partial charge in [0.15, 0.2) is 11.5 Å². The zero-order chi connectivity index (χ0) is 17.7. The van der Waals surface area contributed by atoms with Crippen LogP contribution in [0.3, 0.4) is 0 Å². The smallest absolute Gasteiger partial charge is 0.167 e. The molecule has 2 aromatic carbocycles. The first-order valence-corrected chi connectivity index (χ1v) is 9.12. The minimum absolute atomic E-state index is 0.331. The van der Waals surface area contributed by atoms with Crippen LogP contribution >= 0.6 is 39.1 Å². The van der Waals surface area contributed by atoms with Gasteiger partial charge < -0.3 is 14.8 Å². The van der Waals surface area contributed by atoms with Crippen molar-refractivity contribution in [2.24, 2.45) is 0 Å². The molecule has 0 spiro atoms. The zero-order valence-corrected chi connectivity index (χ0v) is 16.9. The molecule has 0 saturated carbocycles. The van der Waals surface area contributed by atoms with E-state index >= 15 is 0 Å². The Kier molecular flexibility index (Phi) is 7.23. The van der Waals surface area contributed by atoms with Crippen LogP contribution in [-0.2, 0) is 13.2 Å². The summed E-state index contributed by atoms with van der Waals surface area (Å²) in [5, 5.41) is 4.59. The van der Waals surface area contributed by atoms with Gasteiger partial charge in [0.2, 0.25) is 0 Å². The Bertz CT molecular complexity index is 708. The van der Waals surface area contributed by atoms with Crippen LogP contribution in [0.15, 0.2) is 34.8 Å². The molecule has 0 heterocycles. The molecule has 3 nitrogen and oxygen atoms in total. The molecule has 1 N–H and O–H groups in total. The van der Waals surface area contributed by atoms with Gasteiger partial charge in [0, 0.05) is 38.2 Å². The van der Waals surface area contributed by atoms with Crippen LogP contribution in [0.4, 0.5) is 0 Å². The third-order valence-corrected chi connectivity index (χ3v) is 4.79. The van der Waals surface area contributed by atoms with Gasteiger partial charge in [-0.15, -0.1) is 0 Å². The molecule has 0 fully saturated rings. The molecule has 0 radical (unpaired) electrons. The van der Waals surface area contributed by atoms with E-state index in [1.165, 1.54) is 0 Å². The van der Waals surface area contributed by atoms with Crippen molar-refractivity contribution in [3.8, 4) is 11.5 Å². The molecule has 2 aromatic rings. The standard InChI is InChI=1S/C18H20BrCl2NO2/c1-11(2)22-9-14-15(19)6-7-17(23-3)18(14)24-10-12-4-5-13(20)8-16(12)21/h4-8,11,22H,9-10H2,1-3H3. The Hall–Kier alpha value is -0.940. The second-order valence-electron chi connectivity index (χ2n) is 5.62. The summed E-state index contributed by atoms with van der Waals surface area (Å²) in [6, 6.07) is 9.56. The fourth-order valence-electron chi connectivity index (χ4n) is 2.16. The van der Waals surface area contributed by atoms with Crippen LogP contribution in [0.2, 0.25) is 10.0 Å². The Morgan fingerprint density at radius 2 is 1.92 bits per heavy atom. The molecule has 2 rings (SSSR count). The number of ether oxygens (including phenoxy) is 2. The molecule has 24 heavy (non-hydrogen) atoms. The first-order valence-electron chi connectivity index (χ1n) is 7.57. The highest BCUT2D eigenvalue weighted by Gasteiger charge is 2.15. The number of benzene rings is 2. The maximum absolute atomic E-state index is 6.23. The molecule has 0 aliphatic carbocycles. The molecule has 0 aliphatic heterocycles. The lowest BCUT2D eigenvalue weighted by atomic mass is 10.1. The molecule has 6 heteroatoms. The van der Waals surface area contributed by atoms with Crippen LogP contribution in [-0.4, -0.2) is 13.2 Å². The molecule has 0 unspecified atom stereocenters. The summed E-state index contributed by atoms with van der Waals surface area (Å²) in [6.07, 6.45) is 0. The lowest BCUT2D eigenvalue weighted by Gasteiger charge is -2.18. The quantitative estimate of drug-likeness (QED) is 0.595. The van der Waals surface area contributed by atoms with Gasteiger partial charge in [-0.3, -0.25) is 0 Å². The van der Waals surface area contributed by atoms with Crippen LogP contribution in [0, 0.1) is 0 Å². The van der Waals surface area contributed by atoms with Crippen molar-refractivity contribution >= 4 is 39.1 Å². The third kappa shape index (κ3) is 5.03. The minimum Gasteiger partial charge on any atom is -0.493 e. The van der Waals surface area contributed by atoms with Crippen molar-refractivity contribution in [2.75, 3.05) is 7.11 Å². The van der Waals surface area contributed by atoms with E-state index in [0.29, 0.717) is 40.7 Å². The number of methoxy groups -OCH3 is 1. The van der Waals surface area contributed by atoms with E-state index in [4.69, 9.17) is 32.7 Å². The number of hydrogen-bond donors (Lipinski definition) is 1. The number of halogens is 3. The van der Waals surface area contributed by atoms with Crippen molar-refractivity contribution in [1.82, 2.24) is 5.32 Å². The molecule has 0 bridgehead atoms. The first-order chi connectivity index (χ1) is 11.4. The van der Waals surface area contributed by atoms with Gasteiger partial charge in [-0.1, -0.05) is 59.0 Å². The van der Waals surface area contributed by atoms with Crippen molar-refractivity contribution in [3.63, 3.8) is 0 Å². The van der Waals surface area contributed by atoms with Crippen molar-refractivity contribution in [1.29, 1.82) is 0 Å². The van der Waals surface area contributed by atoms with Crippen LogP contribution < -0.4 is 14.8 Å². The summed E-state index contributed by atoms with van der Waals surface area (Å²) in [5.74, 6) is 1.38. The second-order valence-corrected chi connectivity index (χ2v) is 7.32. The lowest BCUT2D eigenvalue weighted by molar-refractivity contribution is 0.280.